The van der Waals surface area contributed by atoms with Gasteiger partial charge in [-0.15, -0.1) is 11.3 Å². The molecule has 8 heteroatoms. The quantitative estimate of drug-likeness (QED) is 0.697. The lowest BCUT2D eigenvalue weighted by Crippen LogP contribution is -2.45. The number of hydrogen-bond donors (Lipinski definition) is 1. The highest BCUT2D eigenvalue weighted by atomic mass is 32.2. The first-order chi connectivity index (χ1) is 13.0. The number of hydrogen-bond acceptors (Lipinski definition) is 5. The van der Waals surface area contributed by atoms with E-state index in [2.05, 4.69) is 17.1 Å². The van der Waals surface area contributed by atoms with Crippen LogP contribution in [0.15, 0.2) is 21.7 Å². The predicted octanol–water partition coefficient (Wildman–Crippen LogP) is 2.39. The Morgan fingerprint density at radius 1 is 1.26 bits per heavy atom. The summed E-state index contributed by atoms with van der Waals surface area (Å²) in [4.78, 5) is 15.0. The van der Waals surface area contributed by atoms with Gasteiger partial charge in [0, 0.05) is 19.6 Å². The first-order valence-corrected chi connectivity index (χ1v) is 12.3. The van der Waals surface area contributed by atoms with Crippen LogP contribution in [0.5, 0.6) is 0 Å². The third-order valence-electron chi connectivity index (χ3n) is 5.67. The lowest BCUT2D eigenvalue weighted by molar-refractivity contribution is -0.126. The fraction of sp³-hybridized carbons (Fsp3) is 0.737. The lowest BCUT2D eigenvalue weighted by atomic mass is 9.98. The zero-order valence-electron chi connectivity index (χ0n) is 16.1. The summed E-state index contributed by atoms with van der Waals surface area (Å²) in [6, 6.07) is 3.37. The average molecular weight is 414 g/mol. The van der Waals surface area contributed by atoms with Crippen molar-refractivity contribution >= 4 is 27.3 Å². The predicted molar refractivity (Wildman–Crippen MR) is 108 cm³/mol. The van der Waals surface area contributed by atoms with Crippen LogP contribution in [0.3, 0.4) is 0 Å². The second-order valence-electron chi connectivity index (χ2n) is 7.80. The number of carbonyl (C=O) groups excluding carboxylic acids is 1. The molecule has 2 saturated heterocycles. The van der Waals surface area contributed by atoms with Crippen LogP contribution in [0.25, 0.3) is 0 Å². The molecule has 2 aliphatic heterocycles. The van der Waals surface area contributed by atoms with Gasteiger partial charge in [-0.25, -0.2) is 8.42 Å². The van der Waals surface area contributed by atoms with E-state index in [0.717, 1.165) is 44.8 Å². The molecule has 0 aromatic carbocycles. The molecule has 2 fully saturated rings. The van der Waals surface area contributed by atoms with E-state index in [1.807, 2.05) is 0 Å². The fourth-order valence-electron chi connectivity index (χ4n) is 3.86. The highest BCUT2D eigenvalue weighted by Crippen LogP contribution is 2.26. The number of amides is 1. The first kappa shape index (κ1) is 20.8. The number of likely N-dealkylation sites (tertiary alicyclic amines) is 1. The van der Waals surface area contributed by atoms with E-state index in [0.29, 0.717) is 17.3 Å². The van der Waals surface area contributed by atoms with Gasteiger partial charge in [-0.05, 0) is 69.1 Å². The van der Waals surface area contributed by atoms with Crippen LogP contribution in [0.2, 0.25) is 0 Å². The van der Waals surface area contributed by atoms with Gasteiger partial charge in [0.15, 0.2) is 0 Å². The van der Waals surface area contributed by atoms with Crippen molar-refractivity contribution in [3.63, 3.8) is 0 Å². The summed E-state index contributed by atoms with van der Waals surface area (Å²) < 4.78 is 27.2. The van der Waals surface area contributed by atoms with Crippen LogP contribution in [-0.4, -0.2) is 62.8 Å². The monoisotopic (exact) mass is 413 g/mol. The molecule has 0 radical (unpaired) electrons. The summed E-state index contributed by atoms with van der Waals surface area (Å²) in [5.41, 5.74) is 0. The Balaban J connectivity index is 1.42. The minimum Gasteiger partial charge on any atom is -0.356 e. The molecule has 0 unspecified atom stereocenters. The lowest BCUT2D eigenvalue weighted by Gasteiger charge is -2.31. The SMILES string of the molecule is CC1CCN(CCCNC(=O)[C@@H]2CCCN(S(=O)(=O)c3cccs3)C2)CC1. The number of piperidine rings is 2. The van der Waals surface area contributed by atoms with Crippen molar-refractivity contribution in [3.8, 4) is 0 Å². The maximum Gasteiger partial charge on any atom is 0.252 e. The van der Waals surface area contributed by atoms with E-state index in [-0.39, 0.29) is 18.4 Å². The Morgan fingerprint density at radius 2 is 2.04 bits per heavy atom. The number of thiophene rings is 1. The molecule has 152 valence electrons. The van der Waals surface area contributed by atoms with Crippen molar-refractivity contribution < 1.29 is 13.2 Å². The number of rotatable bonds is 7. The van der Waals surface area contributed by atoms with Crippen molar-refractivity contribution in [1.82, 2.24) is 14.5 Å². The van der Waals surface area contributed by atoms with E-state index >= 15 is 0 Å². The van der Waals surface area contributed by atoms with Gasteiger partial charge >= 0.3 is 0 Å². The first-order valence-electron chi connectivity index (χ1n) is 10.0. The zero-order chi connectivity index (χ0) is 19.3. The molecule has 3 heterocycles. The van der Waals surface area contributed by atoms with Gasteiger partial charge in [0.2, 0.25) is 5.91 Å². The highest BCUT2D eigenvalue weighted by molar-refractivity contribution is 7.91. The van der Waals surface area contributed by atoms with Crippen molar-refractivity contribution in [2.24, 2.45) is 11.8 Å². The normalized spacial score (nSPS) is 23.4. The smallest absolute Gasteiger partial charge is 0.252 e. The van der Waals surface area contributed by atoms with Crippen molar-refractivity contribution in [2.45, 2.75) is 43.2 Å². The third-order valence-corrected chi connectivity index (χ3v) is 8.91. The number of nitrogens with one attached hydrogen (secondary N) is 1. The summed E-state index contributed by atoms with van der Waals surface area (Å²) in [5, 5.41) is 4.79. The second kappa shape index (κ2) is 9.49. The number of nitrogens with zero attached hydrogens (tertiary/aromatic N) is 2. The van der Waals surface area contributed by atoms with Crippen LogP contribution in [0, 0.1) is 11.8 Å². The Morgan fingerprint density at radius 3 is 2.74 bits per heavy atom. The standard InChI is InChI=1S/C19H31N3O3S2/c1-16-7-12-21(13-8-16)10-4-9-20-19(23)17-5-2-11-22(15-17)27(24,25)18-6-3-14-26-18/h3,6,14,16-17H,2,4-5,7-13,15H2,1H3,(H,20,23)/t17-/m1/s1. The van der Waals surface area contributed by atoms with Crippen LogP contribution in [0.1, 0.15) is 39.0 Å². The highest BCUT2D eigenvalue weighted by Gasteiger charge is 2.33. The Kier molecular flexibility index (Phi) is 7.30. The second-order valence-corrected chi connectivity index (χ2v) is 10.9. The molecule has 1 N–H and O–H groups in total. The maximum atomic E-state index is 12.7. The molecule has 0 spiro atoms. The molecule has 0 bridgehead atoms. The van der Waals surface area contributed by atoms with Crippen LogP contribution in [-0.2, 0) is 14.8 Å². The van der Waals surface area contributed by atoms with E-state index in [9.17, 15) is 13.2 Å². The minimum atomic E-state index is -3.46. The minimum absolute atomic E-state index is 0.00616. The molecule has 2 aliphatic rings. The Hall–Kier alpha value is -0.960. The molecule has 0 saturated carbocycles. The van der Waals surface area contributed by atoms with E-state index in [1.54, 1.807) is 17.5 Å². The van der Waals surface area contributed by atoms with Gasteiger partial charge in [0.1, 0.15) is 4.21 Å². The van der Waals surface area contributed by atoms with Gasteiger partial charge in [0.25, 0.3) is 10.0 Å². The molecular formula is C19H31N3O3S2. The van der Waals surface area contributed by atoms with Gasteiger partial charge in [-0.3, -0.25) is 4.79 Å². The third kappa shape index (κ3) is 5.53. The van der Waals surface area contributed by atoms with Crippen LogP contribution >= 0.6 is 11.3 Å². The van der Waals surface area contributed by atoms with Crippen LogP contribution in [0.4, 0.5) is 0 Å². The molecule has 0 aliphatic carbocycles. The summed E-state index contributed by atoms with van der Waals surface area (Å²) >= 11 is 1.23. The molecular weight excluding hydrogens is 382 g/mol. The Bertz CT molecular complexity index is 698. The van der Waals surface area contributed by atoms with E-state index in [4.69, 9.17) is 0 Å². The van der Waals surface area contributed by atoms with Gasteiger partial charge in [0.05, 0.1) is 5.92 Å². The molecule has 1 aromatic heterocycles. The van der Waals surface area contributed by atoms with E-state index < -0.39 is 10.0 Å². The summed E-state index contributed by atoms with van der Waals surface area (Å²) in [7, 11) is -3.46. The summed E-state index contributed by atoms with van der Waals surface area (Å²) in [5.74, 6) is 0.582. The summed E-state index contributed by atoms with van der Waals surface area (Å²) in [6.07, 6.45) is 4.97. The molecule has 27 heavy (non-hydrogen) atoms. The average Bonchev–Trinajstić information content (AvgIpc) is 3.22. The zero-order valence-corrected chi connectivity index (χ0v) is 17.7. The molecule has 6 nitrogen and oxygen atoms in total. The van der Waals surface area contributed by atoms with Crippen molar-refractivity contribution in [1.29, 1.82) is 0 Å². The van der Waals surface area contributed by atoms with Crippen LogP contribution < -0.4 is 5.32 Å². The largest absolute Gasteiger partial charge is 0.356 e. The fourth-order valence-corrected chi connectivity index (χ4v) is 6.52. The van der Waals surface area contributed by atoms with Crippen molar-refractivity contribution in [3.05, 3.63) is 17.5 Å². The maximum absolute atomic E-state index is 12.7. The topological polar surface area (TPSA) is 69.7 Å². The number of carbonyl (C=O) groups is 1. The van der Waals surface area contributed by atoms with Crippen molar-refractivity contribution in [2.75, 3.05) is 39.3 Å². The molecule has 1 atom stereocenters. The van der Waals surface area contributed by atoms with Gasteiger partial charge in [-0.2, -0.15) is 4.31 Å². The molecule has 1 amide bonds. The summed E-state index contributed by atoms with van der Waals surface area (Å²) in [6.45, 7) is 7.10. The van der Waals surface area contributed by atoms with Gasteiger partial charge in [-0.1, -0.05) is 13.0 Å². The molecule has 1 aromatic rings. The van der Waals surface area contributed by atoms with E-state index in [1.165, 1.54) is 28.5 Å². The number of sulfonamides is 1. The Labute approximate surface area is 167 Å². The van der Waals surface area contributed by atoms with Gasteiger partial charge < -0.3 is 10.2 Å². The molecule has 3 rings (SSSR count).